The van der Waals surface area contributed by atoms with Gasteiger partial charge in [-0.25, -0.2) is 0 Å². The summed E-state index contributed by atoms with van der Waals surface area (Å²) in [5.74, 6) is -0.197. The van der Waals surface area contributed by atoms with Gasteiger partial charge in [0, 0.05) is 18.3 Å². The molecule has 0 aliphatic carbocycles. The number of carbonyl (C=O) groups excluding carboxylic acids is 1. The lowest BCUT2D eigenvalue weighted by Gasteiger charge is -2.06. The van der Waals surface area contributed by atoms with Crippen molar-refractivity contribution in [2.45, 2.75) is 13.3 Å². The number of nitrogens with two attached hydrogens (primary N) is 1. The molecule has 21 heavy (non-hydrogen) atoms. The minimum atomic E-state index is -0.197. The Hall–Kier alpha value is -2.27. The molecule has 1 heterocycles. The number of thiocarbonyl (C=S) groups is 1. The van der Waals surface area contributed by atoms with Crippen molar-refractivity contribution in [2.24, 2.45) is 5.73 Å². The van der Waals surface area contributed by atoms with E-state index < -0.39 is 0 Å². The molecule has 0 aliphatic heterocycles. The van der Waals surface area contributed by atoms with Gasteiger partial charge in [-0.15, -0.1) is 0 Å². The average Bonchev–Trinajstić information content (AvgIpc) is 2.47. The lowest BCUT2D eigenvalue weighted by molar-refractivity contribution is 0.0949. The van der Waals surface area contributed by atoms with Crippen LogP contribution in [-0.4, -0.2) is 22.4 Å². The van der Waals surface area contributed by atoms with Crippen LogP contribution < -0.4 is 11.1 Å². The van der Waals surface area contributed by atoms with E-state index in [1.54, 1.807) is 12.1 Å². The lowest BCUT2D eigenvalue weighted by Crippen LogP contribution is -2.26. The molecule has 2 rings (SSSR count). The zero-order valence-corrected chi connectivity index (χ0v) is 12.6. The molecule has 2 aromatic rings. The number of aromatic nitrogens is 1. The van der Waals surface area contributed by atoms with E-state index in [2.05, 4.69) is 29.4 Å². The molecule has 108 valence electrons. The quantitative estimate of drug-likeness (QED) is 0.829. The van der Waals surface area contributed by atoms with E-state index in [4.69, 9.17) is 18.0 Å². The second-order valence-corrected chi connectivity index (χ2v) is 5.23. The summed E-state index contributed by atoms with van der Waals surface area (Å²) in [7, 11) is 0. The number of aryl methyl sites for hydroxylation is 1. The molecule has 1 amide bonds. The predicted molar refractivity (Wildman–Crippen MR) is 87.3 cm³/mol. The summed E-state index contributed by atoms with van der Waals surface area (Å²) in [5, 5.41) is 2.85. The van der Waals surface area contributed by atoms with Crippen LogP contribution in [0.4, 0.5) is 0 Å². The maximum atomic E-state index is 11.9. The minimum Gasteiger partial charge on any atom is -0.389 e. The van der Waals surface area contributed by atoms with Crippen molar-refractivity contribution >= 4 is 23.1 Å². The molecule has 1 aromatic carbocycles. The normalized spacial score (nSPS) is 10.1. The van der Waals surface area contributed by atoms with Crippen LogP contribution in [0.15, 0.2) is 42.6 Å². The number of nitrogens with zero attached hydrogens (tertiary/aromatic N) is 1. The molecular formula is C16H17N3OS. The van der Waals surface area contributed by atoms with Crippen LogP contribution in [0.3, 0.4) is 0 Å². The first kappa shape index (κ1) is 15.1. The summed E-state index contributed by atoms with van der Waals surface area (Å²) < 4.78 is 0. The highest BCUT2D eigenvalue weighted by Gasteiger charge is 2.07. The Kier molecular flexibility index (Phi) is 5.00. The van der Waals surface area contributed by atoms with E-state index in [0.29, 0.717) is 17.8 Å². The van der Waals surface area contributed by atoms with Gasteiger partial charge in [-0.1, -0.05) is 42.0 Å². The monoisotopic (exact) mass is 299 g/mol. The van der Waals surface area contributed by atoms with Crippen molar-refractivity contribution in [3.8, 4) is 0 Å². The van der Waals surface area contributed by atoms with Gasteiger partial charge in [0.2, 0.25) is 0 Å². The Labute approximate surface area is 129 Å². The number of rotatable bonds is 5. The number of hydrogen-bond donors (Lipinski definition) is 2. The molecule has 0 atom stereocenters. The van der Waals surface area contributed by atoms with Gasteiger partial charge in [-0.3, -0.25) is 9.78 Å². The molecule has 0 saturated heterocycles. The fourth-order valence-electron chi connectivity index (χ4n) is 1.95. The van der Waals surface area contributed by atoms with E-state index in [1.807, 2.05) is 12.1 Å². The third kappa shape index (κ3) is 4.36. The molecule has 3 N–H and O–H groups in total. The van der Waals surface area contributed by atoms with Gasteiger partial charge in [0.15, 0.2) is 0 Å². The van der Waals surface area contributed by atoms with Crippen LogP contribution in [0.5, 0.6) is 0 Å². The van der Waals surface area contributed by atoms with Crippen molar-refractivity contribution in [1.82, 2.24) is 10.3 Å². The predicted octanol–water partition coefficient (Wildman–Crippen LogP) is 2.00. The Morgan fingerprint density at radius 3 is 2.76 bits per heavy atom. The number of hydrogen-bond acceptors (Lipinski definition) is 3. The SMILES string of the molecule is Cc1cccc(CCNC(=O)c2ccc(C(N)=S)cn2)c1. The Bertz CT molecular complexity index is 653. The van der Waals surface area contributed by atoms with Gasteiger partial charge in [-0.05, 0) is 31.0 Å². The molecule has 0 radical (unpaired) electrons. The van der Waals surface area contributed by atoms with Crippen molar-refractivity contribution in [1.29, 1.82) is 0 Å². The molecule has 0 spiro atoms. The number of nitrogens with one attached hydrogen (secondary N) is 1. The van der Waals surface area contributed by atoms with Crippen molar-refractivity contribution < 1.29 is 4.79 Å². The summed E-state index contributed by atoms with van der Waals surface area (Å²) in [6.07, 6.45) is 2.30. The van der Waals surface area contributed by atoms with Crippen LogP contribution >= 0.6 is 12.2 Å². The molecular weight excluding hydrogens is 282 g/mol. The summed E-state index contributed by atoms with van der Waals surface area (Å²) in [4.78, 5) is 16.3. The first-order chi connectivity index (χ1) is 10.1. The van der Waals surface area contributed by atoms with E-state index in [-0.39, 0.29) is 10.9 Å². The third-order valence-electron chi connectivity index (χ3n) is 3.06. The first-order valence-electron chi connectivity index (χ1n) is 6.66. The van der Waals surface area contributed by atoms with Gasteiger partial charge < -0.3 is 11.1 Å². The van der Waals surface area contributed by atoms with Gasteiger partial charge in [-0.2, -0.15) is 0 Å². The minimum absolute atomic E-state index is 0.197. The van der Waals surface area contributed by atoms with E-state index in [0.717, 1.165) is 6.42 Å². The maximum absolute atomic E-state index is 11.9. The van der Waals surface area contributed by atoms with Crippen LogP contribution in [-0.2, 0) is 6.42 Å². The third-order valence-corrected chi connectivity index (χ3v) is 3.30. The van der Waals surface area contributed by atoms with Crippen molar-refractivity contribution in [2.75, 3.05) is 6.54 Å². The second kappa shape index (κ2) is 6.95. The largest absolute Gasteiger partial charge is 0.389 e. The first-order valence-corrected chi connectivity index (χ1v) is 7.06. The van der Waals surface area contributed by atoms with Crippen LogP contribution in [0.1, 0.15) is 27.2 Å². The fourth-order valence-corrected chi connectivity index (χ4v) is 2.07. The number of amides is 1. The molecule has 1 aromatic heterocycles. The second-order valence-electron chi connectivity index (χ2n) is 4.79. The molecule has 5 heteroatoms. The summed E-state index contributed by atoms with van der Waals surface area (Å²) >= 11 is 4.84. The lowest BCUT2D eigenvalue weighted by atomic mass is 10.1. The molecule has 0 unspecified atom stereocenters. The van der Waals surface area contributed by atoms with Gasteiger partial charge in [0.1, 0.15) is 10.7 Å². The van der Waals surface area contributed by atoms with Crippen LogP contribution in [0.2, 0.25) is 0 Å². The summed E-state index contributed by atoms with van der Waals surface area (Å²) in [5.41, 5.74) is 8.92. The fraction of sp³-hybridized carbons (Fsp3) is 0.188. The molecule has 4 nitrogen and oxygen atoms in total. The standard InChI is InChI=1S/C16H17N3OS/c1-11-3-2-4-12(9-11)7-8-18-16(20)14-6-5-13(10-19-14)15(17)21/h2-6,9-10H,7-8H2,1H3,(H2,17,21)(H,18,20). The Morgan fingerprint density at radius 2 is 2.14 bits per heavy atom. The van der Waals surface area contributed by atoms with Crippen molar-refractivity contribution in [3.63, 3.8) is 0 Å². The zero-order valence-electron chi connectivity index (χ0n) is 11.8. The molecule has 0 fully saturated rings. The smallest absolute Gasteiger partial charge is 0.269 e. The highest BCUT2D eigenvalue weighted by Crippen LogP contribution is 2.04. The van der Waals surface area contributed by atoms with Crippen LogP contribution in [0.25, 0.3) is 0 Å². The Morgan fingerprint density at radius 1 is 1.33 bits per heavy atom. The summed E-state index contributed by atoms with van der Waals surface area (Å²) in [6, 6.07) is 11.6. The van der Waals surface area contributed by atoms with E-state index in [1.165, 1.54) is 17.3 Å². The maximum Gasteiger partial charge on any atom is 0.269 e. The van der Waals surface area contributed by atoms with Gasteiger partial charge >= 0.3 is 0 Å². The van der Waals surface area contributed by atoms with Crippen LogP contribution in [0, 0.1) is 6.92 Å². The van der Waals surface area contributed by atoms with Gasteiger partial charge in [0.05, 0.1) is 0 Å². The number of carbonyl (C=O) groups is 1. The molecule has 0 saturated carbocycles. The Balaban J connectivity index is 1.88. The summed E-state index contributed by atoms with van der Waals surface area (Å²) in [6.45, 7) is 2.62. The van der Waals surface area contributed by atoms with E-state index in [9.17, 15) is 4.79 Å². The average molecular weight is 299 g/mol. The molecule has 0 bridgehead atoms. The number of benzene rings is 1. The van der Waals surface area contributed by atoms with Crippen molar-refractivity contribution in [3.05, 3.63) is 65.0 Å². The highest BCUT2D eigenvalue weighted by atomic mass is 32.1. The van der Waals surface area contributed by atoms with E-state index >= 15 is 0 Å². The topological polar surface area (TPSA) is 68.0 Å². The molecule has 0 aliphatic rings. The highest BCUT2D eigenvalue weighted by molar-refractivity contribution is 7.80. The zero-order chi connectivity index (χ0) is 15.2. The van der Waals surface area contributed by atoms with Gasteiger partial charge in [0.25, 0.3) is 5.91 Å². The number of pyridine rings is 1.